The topological polar surface area (TPSA) is 36.1 Å². The smallest absolute Gasteiger partial charge is 0.226 e. The van der Waals surface area contributed by atoms with E-state index in [-0.39, 0.29) is 5.91 Å². The molecule has 0 aliphatic rings. The van der Waals surface area contributed by atoms with Gasteiger partial charge in [0, 0.05) is 30.2 Å². The number of amides is 1. The molecule has 1 aromatic carbocycles. The van der Waals surface area contributed by atoms with Gasteiger partial charge in [-0.25, -0.2) is 0 Å². The van der Waals surface area contributed by atoms with Gasteiger partial charge in [0.1, 0.15) is 0 Å². The molecule has 20 heavy (non-hydrogen) atoms. The van der Waals surface area contributed by atoms with Gasteiger partial charge in [0.25, 0.3) is 0 Å². The molecule has 108 valence electrons. The summed E-state index contributed by atoms with van der Waals surface area (Å²) >= 11 is 0. The van der Waals surface area contributed by atoms with E-state index >= 15 is 0 Å². The first kappa shape index (κ1) is 14.6. The minimum atomic E-state index is 0.198. The van der Waals surface area contributed by atoms with Gasteiger partial charge < -0.3 is 9.88 Å². The predicted molar refractivity (Wildman–Crippen MR) is 84.0 cm³/mol. The number of nitrogens with one attached hydrogen (secondary N) is 1. The number of aromatic nitrogens is 1. The summed E-state index contributed by atoms with van der Waals surface area (Å²) in [7, 11) is 1.90. The Balaban J connectivity index is 2.22. The van der Waals surface area contributed by atoms with Crippen molar-refractivity contribution in [1.82, 2.24) is 9.88 Å². The van der Waals surface area contributed by atoms with E-state index in [2.05, 4.69) is 37.0 Å². The van der Waals surface area contributed by atoms with Gasteiger partial charge in [0.05, 0.1) is 6.42 Å². The summed E-state index contributed by atoms with van der Waals surface area (Å²) in [5, 5.41) is 1.18. The number of fused-ring (bicyclic) bond motifs is 1. The molecule has 0 bridgehead atoms. The summed E-state index contributed by atoms with van der Waals surface area (Å²) in [6.45, 7) is 7.12. The molecule has 0 aliphatic heterocycles. The summed E-state index contributed by atoms with van der Waals surface area (Å²) in [5.41, 5.74) is 4.58. The van der Waals surface area contributed by atoms with E-state index in [4.69, 9.17) is 0 Å². The van der Waals surface area contributed by atoms with Crippen LogP contribution in [0, 0.1) is 13.8 Å². The van der Waals surface area contributed by atoms with Crippen LogP contribution in [-0.4, -0.2) is 29.4 Å². The van der Waals surface area contributed by atoms with Gasteiger partial charge >= 0.3 is 0 Å². The Bertz CT molecular complexity index is 613. The highest BCUT2D eigenvalue weighted by molar-refractivity contribution is 5.90. The van der Waals surface area contributed by atoms with Crippen LogP contribution in [0.15, 0.2) is 18.2 Å². The second kappa shape index (κ2) is 6.12. The zero-order chi connectivity index (χ0) is 14.7. The third-order valence-corrected chi connectivity index (χ3v) is 3.88. The normalized spacial score (nSPS) is 11.0. The molecule has 0 atom stereocenters. The number of carbonyl (C=O) groups excluding carboxylic acids is 1. The van der Waals surface area contributed by atoms with E-state index in [1.807, 2.05) is 18.9 Å². The minimum Gasteiger partial charge on any atom is -0.358 e. The molecule has 0 saturated heterocycles. The van der Waals surface area contributed by atoms with Crippen LogP contribution in [0.5, 0.6) is 0 Å². The average Bonchev–Trinajstić information content (AvgIpc) is 2.72. The minimum absolute atomic E-state index is 0.198. The lowest BCUT2D eigenvalue weighted by atomic mass is 10.1. The molecule has 1 N–H and O–H groups in total. The molecule has 0 unspecified atom stereocenters. The molecule has 0 saturated carbocycles. The number of hydrogen-bond donors (Lipinski definition) is 1. The van der Waals surface area contributed by atoms with Gasteiger partial charge in [-0.1, -0.05) is 25.0 Å². The fraction of sp³-hybridized carbons (Fsp3) is 0.471. The number of H-pyrrole nitrogens is 1. The molecule has 2 rings (SSSR count). The molecule has 2 aromatic rings. The number of unbranched alkanes of at least 4 members (excludes halogenated alkanes) is 1. The van der Waals surface area contributed by atoms with Crippen molar-refractivity contribution < 1.29 is 4.79 Å². The van der Waals surface area contributed by atoms with Crippen molar-refractivity contribution in [2.24, 2.45) is 0 Å². The fourth-order valence-corrected chi connectivity index (χ4v) is 2.53. The maximum atomic E-state index is 12.3. The van der Waals surface area contributed by atoms with Crippen molar-refractivity contribution in [2.45, 2.75) is 40.0 Å². The third-order valence-electron chi connectivity index (χ3n) is 3.88. The van der Waals surface area contributed by atoms with Crippen molar-refractivity contribution in [2.75, 3.05) is 13.6 Å². The maximum Gasteiger partial charge on any atom is 0.226 e. The van der Waals surface area contributed by atoms with Crippen LogP contribution in [0.2, 0.25) is 0 Å². The maximum absolute atomic E-state index is 12.3. The Morgan fingerprint density at radius 2 is 2.05 bits per heavy atom. The summed E-state index contributed by atoms with van der Waals surface area (Å²) in [4.78, 5) is 17.5. The van der Waals surface area contributed by atoms with Gasteiger partial charge in [-0.15, -0.1) is 0 Å². The standard InChI is InChI=1S/C17H24N2O/c1-5-6-9-19(4)17(20)11-14-13(3)18-16-8-7-12(2)10-15(14)16/h7-8,10,18H,5-6,9,11H2,1-4H3. The molecule has 0 spiro atoms. The van der Waals surface area contributed by atoms with E-state index in [9.17, 15) is 4.79 Å². The molecule has 1 amide bonds. The molecule has 0 fully saturated rings. The van der Waals surface area contributed by atoms with Gasteiger partial charge in [-0.05, 0) is 38.0 Å². The lowest BCUT2D eigenvalue weighted by Crippen LogP contribution is -2.29. The van der Waals surface area contributed by atoms with Gasteiger partial charge in [-0.3, -0.25) is 4.79 Å². The Labute approximate surface area is 121 Å². The lowest BCUT2D eigenvalue weighted by molar-refractivity contribution is -0.129. The van der Waals surface area contributed by atoms with Crippen molar-refractivity contribution in [3.8, 4) is 0 Å². The van der Waals surface area contributed by atoms with Crippen LogP contribution in [0.4, 0.5) is 0 Å². The highest BCUT2D eigenvalue weighted by Gasteiger charge is 2.15. The number of nitrogens with zero attached hydrogens (tertiary/aromatic N) is 1. The number of benzene rings is 1. The van der Waals surface area contributed by atoms with Gasteiger partial charge in [0.15, 0.2) is 0 Å². The van der Waals surface area contributed by atoms with Crippen LogP contribution in [0.3, 0.4) is 0 Å². The second-order valence-electron chi connectivity index (χ2n) is 5.62. The number of rotatable bonds is 5. The first-order chi connectivity index (χ1) is 9.52. The van der Waals surface area contributed by atoms with E-state index in [0.717, 1.165) is 36.2 Å². The number of aromatic amines is 1. The molecule has 3 nitrogen and oxygen atoms in total. The van der Waals surface area contributed by atoms with Crippen molar-refractivity contribution in [3.05, 3.63) is 35.0 Å². The fourth-order valence-electron chi connectivity index (χ4n) is 2.53. The van der Waals surface area contributed by atoms with E-state index in [0.29, 0.717) is 6.42 Å². The lowest BCUT2D eigenvalue weighted by Gasteiger charge is -2.16. The molecule has 1 heterocycles. The highest BCUT2D eigenvalue weighted by Crippen LogP contribution is 2.24. The Hall–Kier alpha value is -1.77. The molecule has 3 heteroatoms. The van der Waals surface area contributed by atoms with E-state index in [1.165, 1.54) is 10.9 Å². The number of likely N-dealkylation sites (N-methyl/N-ethyl adjacent to an activating group) is 1. The van der Waals surface area contributed by atoms with Crippen LogP contribution in [0.25, 0.3) is 10.9 Å². The molecule has 1 aromatic heterocycles. The van der Waals surface area contributed by atoms with Crippen LogP contribution >= 0.6 is 0 Å². The summed E-state index contributed by atoms with van der Waals surface area (Å²) in [5.74, 6) is 0.198. The van der Waals surface area contributed by atoms with Crippen LogP contribution in [-0.2, 0) is 11.2 Å². The largest absolute Gasteiger partial charge is 0.358 e. The van der Waals surface area contributed by atoms with Gasteiger partial charge in [0.2, 0.25) is 5.91 Å². The van der Waals surface area contributed by atoms with Crippen LogP contribution in [0.1, 0.15) is 36.6 Å². The highest BCUT2D eigenvalue weighted by atomic mass is 16.2. The van der Waals surface area contributed by atoms with Crippen LogP contribution < -0.4 is 0 Å². The predicted octanol–water partition coefficient (Wildman–Crippen LogP) is 3.59. The zero-order valence-corrected chi connectivity index (χ0v) is 12.9. The van der Waals surface area contributed by atoms with Crippen molar-refractivity contribution >= 4 is 16.8 Å². The molecule has 0 radical (unpaired) electrons. The summed E-state index contributed by atoms with van der Waals surface area (Å²) in [6, 6.07) is 6.34. The SMILES string of the molecule is CCCCN(C)C(=O)Cc1c(C)[nH]c2ccc(C)cc12. The molecule has 0 aliphatic carbocycles. The first-order valence-corrected chi connectivity index (χ1v) is 7.34. The Morgan fingerprint density at radius 3 is 2.75 bits per heavy atom. The number of carbonyl (C=O) groups is 1. The van der Waals surface area contributed by atoms with E-state index < -0.39 is 0 Å². The zero-order valence-electron chi connectivity index (χ0n) is 12.9. The monoisotopic (exact) mass is 272 g/mol. The van der Waals surface area contributed by atoms with E-state index in [1.54, 1.807) is 0 Å². The van der Waals surface area contributed by atoms with Gasteiger partial charge in [-0.2, -0.15) is 0 Å². The number of aryl methyl sites for hydroxylation is 2. The van der Waals surface area contributed by atoms with Crippen molar-refractivity contribution in [1.29, 1.82) is 0 Å². The Kier molecular flexibility index (Phi) is 4.48. The summed E-state index contributed by atoms with van der Waals surface area (Å²) < 4.78 is 0. The Morgan fingerprint density at radius 1 is 1.30 bits per heavy atom. The summed E-state index contributed by atoms with van der Waals surface area (Å²) in [6.07, 6.45) is 2.66. The quantitative estimate of drug-likeness (QED) is 0.887. The first-order valence-electron chi connectivity index (χ1n) is 7.34. The average molecular weight is 272 g/mol. The molecular weight excluding hydrogens is 248 g/mol. The molecular formula is C17H24N2O. The third kappa shape index (κ3) is 3.03. The second-order valence-corrected chi connectivity index (χ2v) is 5.62. The number of hydrogen-bond acceptors (Lipinski definition) is 1. The van der Waals surface area contributed by atoms with Crippen molar-refractivity contribution in [3.63, 3.8) is 0 Å².